The van der Waals surface area contributed by atoms with Crippen molar-refractivity contribution in [1.29, 1.82) is 0 Å². The van der Waals surface area contributed by atoms with Crippen LogP contribution >= 0.6 is 0 Å². The Balaban J connectivity index is 2.02. The summed E-state index contributed by atoms with van der Waals surface area (Å²) in [4.78, 5) is 16.4. The third kappa shape index (κ3) is 3.82. The number of hydrogen-bond acceptors (Lipinski definition) is 3. The van der Waals surface area contributed by atoms with Gasteiger partial charge in [-0.3, -0.25) is 4.79 Å². The normalized spacial score (nSPS) is 11.7. The average Bonchev–Trinajstić information content (AvgIpc) is 2.45. The van der Waals surface area contributed by atoms with Gasteiger partial charge in [0.25, 0.3) is 5.91 Å². The summed E-state index contributed by atoms with van der Waals surface area (Å²) in [6.07, 6.45) is 0.0618. The number of benzene rings is 1. The topological polar surface area (TPSA) is 51.2 Å². The minimum atomic E-state index is -0.528. The van der Waals surface area contributed by atoms with Crippen LogP contribution in [-0.2, 0) is 4.79 Å². The second-order valence-electron chi connectivity index (χ2n) is 4.48. The van der Waals surface area contributed by atoms with Crippen molar-refractivity contribution in [2.24, 2.45) is 0 Å². The molecule has 0 radical (unpaired) electrons. The number of para-hydroxylation sites is 1. The first kappa shape index (κ1) is 14.1. The average molecular weight is 270 g/mol. The van der Waals surface area contributed by atoms with Gasteiger partial charge >= 0.3 is 0 Å². The van der Waals surface area contributed by atoms with Gasteiger partial charge in [0.15, 0.2) is 6.10 Å². The molecule has 1 heterocycles. The van der Waals surface area contributed by atoms with Crippen LogP contribution in [0.15, 0.2) is 48.5 Å². The van der Waals surface area contributed by atoms with Crippen LogP contribution in [0.2, 0.25) is 0 Å². The first-order valence-corrected chi connectivity index (χ1v) is 6.65. The maximum atomic E-state index is 12.2. The molecule has 1 aromatic carbocycles. The number of ether oxygens (including phenoxy) is 1. The zero-order valence-corrected chi connectivity index (χ0v) is 11.7. The molecule has 20 heavy (non-hydrogen) atoms. The zero-order chi connectivity index (χ0) is 14.4. The Labute approximate surface area is 118 Å². The summed E-state index contributed by atoms with van der Waals surface area (Å²) in [6, 6.07) is 14.8. The fourth-order valence-corrected chi connectivity index (χ4v) is 1.80. The lowest BCUT2D eigenvalue weighted by atomic mass is 10.2. The third-order valence-electron chi connectivity index (χ3n) is 2.82. The number of amides is 1. The molecule has 4 nitrogen and oxygen atoms in total. The molecular formula is C16H18N2O2. The number of pyridine rings is 1. The summed E-state index contributed by atoms with van der Waals surface area (Å²) >= 11 is 0. The number of aromatic nitrogens is 1. The van der Waals surface area contributed by atoms with Crippen molar-refractivity contribution < 1.29 is 9.53 Å². The zero-order valence-electron chi connectivity index (χ0n) is 11.7. The Morgan fingerprint density at radius 2 is 1.95 bits per heavy atom. The van der Waals surface area contributed by atoms with Crippen molar-refractivity contribution in [3.05, 3.63) is 54.2 Å². The summed E-state index contributed by atoms with van der Waals surface area (Å²) in [5, 5.41) is 2.78. The summed E-state index contributed by atoms with van der Waals surface area (Å²) in [6.45, 7) is 3.80. The van der Waals surface area contributed by atoms with Crippen LogP contribution in [0.1, 0.15) is 19.0 Å². The number of carbonyl (C=O) groups is 1. The molecule has 2 rings (SSSR count). The van der Waals surface area contributed by atoms with Gasteiger partial charge < -0.3 is 10.1 Å². The monoisotopic (exact) mass is 270 g/mol. The highest BCUT2D eigenvalue weighted by Crippen LogP contribution is 2.14. The van der Waals surface area contributed by atoms with E-state index in [1.165, 1.54) is 0 Å². The van der Waals surface area contributed by atoms with E-state index in [9.17, 15) is 4.79 Å². The number of anilines is 1. The van der Waals surface area contributed by atoms with Crippen LogP contribution in [0.3, 0.4) is 0 Å². The van der Waals surface area contributed by atoms with Crippen LogP contribution in [0, 0.1) is 6.92 Å². The van der Waals surface area contributed by atoms with Crippen LogP contribution in [-0.4, -0.2) is 17.0 Å². The van der Waals surface area contributed by atoms with Crippen molar-refractivity contribution in [3.63, 3.8) is 0 Å². The minimum absolute atomic E-state index is 0.186. The molecule has 0 aliphatic heterocycles. The van der Waals surface area contributed by atoms with Crippen LogP contribution in [0.5, 0.6) is 5.75 Å². The highest BCUT2D eigenvalue weighted by Gasteiger charge is 2.18. The number of hydrogen-bond donors (Lipinski definition) is 1. The van der Waals surface area contributed by atoms with E-state index in [4.69, 9.17) is 4.74 Å². The van der Waals surface area contributed by atoms with E-state index in [0.29, 0.717) is 18.0 Å². The molecule has 1 aromatic heterocycles. The number of nitrogens with one attached hydrogen (secondary N) is 1. The molecule has 1 amide bonds. The van der Waals surface area contributed by atoms with E-state index in [2.05, 4.69) is 10.3 Å². The van der Waals surface area contributed by atoms with Gasteiger partial charge in [0.2, 0.25) is 0 Å². The second kappa shape index (κ2) is 6.70. The standard InChI is InChI=1S/C16H18N2O2/c1-3-14(20-13-9-5-4-6-10-13)16(19)18-15-11-7-8-12(2)17-15/h4-11,14H,3H2,1-2H3,(H,17,18,19). The fourth-order valence-electron chi connectivity index (χ4n) is 1.80. The molecule has 0 bridgehead atoms. The Kier molecular flexibility index (Phi) is 4.71. The van der Waals surface area contributed by atoms with Gasteiger partial charge in [-0.15, -0.1) is 0 Å². The molecule has 0 saturated carbocycles. The van der Waals surface area contributed by atoms with Gasteiger partial charge in [-0.1, -0.05) is 31.2 Å². The number of nitrogens with zero attached hydrogens (tertiary/aromatic N) is 1. The Bertz CT molecular complexity index is 570. The van der Waals surface area contributed by atoms with E-state index >= 15 is 0 Å². The summed E-state index contributed by atoms with van der Waals surface area (Å²) < 4.78 is 5.69. The number of carbonyl (C=O) groups excluding carboxylic acids is 1. The smallest absolute Gasteiger partial charge is 0.266 e. The quantitative estimate of drug-likeness (QED) is 0.907. The summed E-state index contributed by atoms with van der Waals surface area (Å²) in [5.41, 5.74) is 0.861. The Morgan fingerprint density at radius 1 is 1.20 bits per heavy atom. The molecule has 0 spiro atoms. The number of rotatable bonds is 5. The highest BCUT2D eigenvalue weighted by atomic mass is 16.5. The molecule has 0 saturated heterocycles. The van der Waals surface area contributed by atoms with Crippen LogP contribution in [0.4, 0.5) is 5.82 Å². The highest BCUT2D eigenvalue weighted by molar-refractivity contribution is 5.93. The van der Waals surface area contributed by atoms with Gasteiger partial charge in [0.1, 0.15) is 11.6 Å². The lowest BCUT2D eigenvalue weighted by Gasteiger charge is -2.17. The number of aryl methyl sites for hydroxylation is 1. The van der Waals surface area contributed by atoms with Crippen LogP contribution in [0.25, 0.3) is 0 Å². The first-order chi connectivity index (χ1) is 9.69. The van der Waals surface area contributed by atoms with Crippen molar-refractivity contribution >= 4 is 11.7 Å². The largest absolute Gasteiger partial charge is 0.481 e. The molecule has 1 N–H and O–H groups in total. The maximum Gasteiger partial charge on any atom is 0.266 e. The van der Waals surface area contributed by atoms with Crippen LogP contribution < -0.4 is 10.1 Å². The third-order valence-corrected chi connectivity index (χ3v) is 2.82. The van der Waals surface area contributed by atoms with E-state index in [0.717, 1.165) is 5.69 Å². The van der Waals surface area contributed by atoms with Gasteiger partial charge in [-0.25, -0.2) is 4.98 Å². The van der Waals surface area contributed by atoms with E-state index in [-0.39, 0.29) is 5.91 Å². The Morgan fingerprint density at radius 3 is 2.60 bits per heavy atom. The molecule has 0 aliphatic rings. The summed E-state index contributed by atoms with van der Waals surface area (Å²) in [5.74, 6) is 1.05. The van der Waals surface area contributed by atoms with E-state index in [1.54, 1.807) is 6.07 Å². The SMILES string of the molecule is CCC(Oc1ccccc1)C(=O)Nc1cccc(C)n1. The van der Waals surface area contributed by atoms with E-state index in [1.807, 2.05) is 56.3 Å². The van der Waals surface area contributed by atoms with Crippen molar-refractivity contribution in [2.45, 2.75) is 26.4 Å². The second-order valence-corrected chi connectivity index (χ2v) is 4.48. The molecule has 2 aromatic rings. The Hall–Kier alpha value is -2.36. The molecule has 1 atom stereocenters. The molecule has 104 valence electrons. The van der Waals surface area contributed by atoms with Gasteiger partial charge in [0.05, 0.1) is 0 Å². The van der Waals surface area contributed by atoms with Crippen molar-refractivity contribution in [3.8, 4) is 5.75 Å². The lowest BCUT2D eigenvalue weighted by Crippen LogP contribution is -2.32. The van der Waals surface area contributed by atoms with Crippen molar-refractivity contribution in [1.82, 2.24) is 4.98 Å². The van der Waals surface area contributed by atoms with E-state index < -0.39 is 6.10 Å². The molecular weight excluding hydrogens is 252 g/mol. The molecule has 4 heteroatoms. The van der Waals surface area contributed by atoms with Crippen molar-refractivity contribution in [2.75, 3.05) is 5.32 Å². The summed E-state index contributed by atoms with van der Waals surface area (Å²) in [7, 11) is 0. The van der Waals surface area contributed by atoms with Gasteiger partial charge in [-0.05, 0) is 37.6 Å². The lowest BCUT2D eigenvalue weighted by molar-refractivity contribution is -0.122. The van der Waals surface area contributed by atoms with Gasteiger partial charge in [0, 0.05) is 5.69 Å². The maximum absolute atomic E-state index is 12.2. The molecule has 0 aliphatic carbocycles. The first-order valence-electron chi connectivity index (χ1n) is 6.65. The molecule has 1 unspecified atom stereocenters. The minimum Gasteiger partial charge on any atom is -0.481 e. The predicted molar refractivity (Wildman–Crippen MR) is 78.8 cm³/mol. The predicted octanol–water partition coefficient (Wildman–Crippen LogP) is 3.19. The fraction of sp³-hybridized carbons (Fsp3) is 0.250. The van der Waals surface area contributed by atoms with Gasteiger partial charge in [-0.2, -0.15) is 0 Å². The molecule has 0 fully saturated rings.